The molecule has 1 aromatic carbocycles. The van der Waals surface area contributed by atoms with Crippen LogP contribution >= 0.6 is 0 Å². The van der Waals surface area contributed by atoms with Crippen molar-refractivity contribution in [2.45, 2.75) is 32.7 Å². The molecular weight excluding hydrogens is 224 g/mol. The molecule has 0 saturated carbocycles. The van der Waals surface area contributed by atoms with Crippen molar-refractivity contribution in [1.82, 2.24) is 5.32 Å². The third-order valence-corrected chi connectivity index (χ3v) is 3.41. The summed E-state index contributed by atoms with van der Waals surface area (Å²) in [6, 6.07) is 7.95. The second-order valence-electron chi connectivity index (χ2n) is 5.69. The van der Waals surface area contributed by atoms with Gasteiger partial charge in [-0.15, -0.1) is 0 Å². The quantitative estimate of drug-likeness (QED) is 0.814. The highest BCUT2D eigenvalue weighted by Crippen LogP contribution is 2.21. The van der Waals surface area contributed by atoms with E-state index in [1.54, 1.807) is 6.92 Å². The molecule has 98 valence electrons. The van der Waals surface area contributed by atoms with Gasteiger partial charge in [-0.2, -0.15) is 0 Å². The van der Waals surface area contributed by atoms with E-state index in [1.165, 1.54) is 0 Å². The molecule has 0 radical (unpaired) electrons. The lowest BCUT2D eigenvalue weighted by molar-refractivity contribution is 0.101. The van der Waals surface area contributed by atoms with Crippen LogP contribution in [-0.2, 0) is 0 Å². The summed E-state index contributed by atoms with van der Waals surface area (Å²) in [4.78, 5) is 13.8. The van der Waals surface area contributed by atoms with Crippen molar-refractivity contribution >= 4 is 11.5 Å². The highest BCUT2D eigenvalue weighted by atomic mass is 16.1. The lowest BCUT2D eigenvalue weighted by atomic mass is 10.0. The molecule has 1 N–H and O–H groups in total. The van der Waals surface area contributed by atoms with E-state index in [9.17, 15) is 4.79 Å². The van der Waals surface area contributed by atoms with E-state index in [0.29, 0.717) is 0 Å². The van der Waals surface area contributed by atoms with Crippen molar-refractivity contribution in [2.24, 2.45) is 0 Å². The molecule has 2 rings (SSSR count). The van der Waals surface area contributed by atoms with E-state index >= 15 is 0 Å². The number of ketones is 1. The fourth-order valence-electron chi connectivity index (χ4n) is 2.45. The molecule has 0 bridgehead atoms. The summed E-state index contributed by atoms with van der Waals surface area (Å²) in [5.41, 5.74) is 2.06. The summed E-state index contributed by atoms with van der Waals surface area (Å²) in [6.45, 7) is 9.12. The molecule has 1 aliphatic rings. The fourth-order valence-corrected chi connectivity index (χ4v) is 2.45. The van der Waals surface area contributed by atoms with Gasteiger partial charge in [0.2, 0.25) is 0 Å². The SMILES string of the molecule is CC(=O)c1cccc(N2CCCNC(C)(C)C2)c1. The number of Topliss-reactive ketones (excluding diaryl/α,β-unsaturated/α-hetero) is 1. The molecule has 1 aliphatic heterocycles. The topological polar surface area (TPSA) is 32.3 Å². The molecule has 0 amide bonds. The van der Waals surface area contributed by atoms with Crippen molar-refractivity contribution in [3.63, 3.8) is 0 Å². The minimum Gasteiger partial charge on any atom is -0.370 e. The first-order valence-electron chi connectivity index (χ1n) is 6.59. The van der Waals surface area contributed by atoms with Crippen LogP contribution in [0.25, 0.3) is 0 Å². The van der Waals surface area contributed by atoms with Crippen molar-refractivity contribution < 1.29 is 4.79 Å². The number of benzene rings is 1. The van der Waals surface area contributed by atoms with Crippen molar-refractivity contribution in [3.05, 3.63) is 29.8 Å². The molecule has 1 saturated heterocycles. The molecule has 0 aromatic heterocycles. The number of rotatable bonds is 2. The standard InChI is InChI=1S/C15H22N2O/c1-12(18)13-6-4-7-14(10-13)17-9-5-8-16-15(2,3)11-17/h4,6-7,10,16H,5,8-9,11H2,1-3H3. The van der Waals surface area contributed by atoms with Crippen LogP contribution in [0.4, 0.5) is 5.69 Å². The lowest BCUT2D eigenvalue weighted by Crippen LogP contribution is -2.46. The maximum Gasteiger partial charge on any atom is 0.159 e. The Morgan fingerprint density at radius 3 is 2.89 bits per heavy atom. The Morgan fingerprint density at radius 1 is 1.39 bits per heavy atom. The Kier molecular flexibility index (Phi) is 3.71. The molecule has 3 nitrogen and oxygen atoms in total. The minimum atomic E-state index is 0.114. The number of nitrogens with zero attached hydrogens (tertiary/aromatic N) is 1. The minimum absolute atomic E-state index is 0.114. The molecule has 0 spiro atoms. The van der Waals surface area contributed by atoms with Crippen LogP contribution in [0.15, 0.2) is 24.3 Å². The summed E-state index contributed by atoms with van der Waals surface area (Å²) in [5, 5.41) is 3.55. The third-order valence-electron chi connectivity index (χ3n) is 3.41. The maximum atomic E-state index is 11.4. The largest absolute Gasteiger partial charge is 0.370 e. The van der Waals surface area contributed by atoms with Gasteiger partial charge in [0.25, 0.3) is 0 Å². The second kappa shape index (κ2) is 5.11. The fraction of sp³-hybridized carbons (Fsp3) is 0.533. The lowest BCUT2D eigenvalue weighted by Gasteiger charge is -2.31. The Hall–Kier alpha value is -1.35. The molecule has 0 unspecified atom stereocenters. The molecule has 3 heteroatoms. The van der Waals surface area contributed by atoms with E-state index in [-0.39, 0.29) is 11.3 Å². The van der Waals surface area contributed by atoms with Gasteiger partial charge < -0.3 is 10.2 Å². The van der Waals surface area contributed by atoms with Gasteiger partial charge in [0.05, 0.1) is 0 Å². The van der Waals surface area contributed by atoms with Gasteiger partial charge in [0.15, 0.2) is 5.78 Å². The van der Waals surface area contributed by atoms with E-state index in [1.807, 2.05) is 18.2 Å². The smallest absolute Gasteiger partial charge is 0.159 e. The summed E-state index contributed by atoms with van der Waals surface area (Å²) >= 11 is 0. The Balaban J connectivity index is 2.24. The molecule has 1 heterocycles. The van der Waals surface area contributed by atoms with E-state index in [0.717, 1.165) is 37.3 Å². The Morgan fingerprint density at radius 2 is 2.17 bits per heavy atom. The molecule has 0 aliphatic carbocycles. The van der Waals surface area contributed by atoms with Gasteiger partial charge in [-0.1, -0.05) is 12.1 Å². The predicted octanol–water partition coefficient (Wildman–Crippen LogP) is 2.47. The van der Waals surface area contributed by atoms with Crippen LogP contribution in [0.3, 0.4) is 0 Å². The number of hydrogen-bond donors (Lipinski definition) is 1. The van der Waals surface area contributed by atoms with E-state index in [2.05, 4.69) is 30.1 Å². The highest BCUT2D eigenvalue weighted by molar-refractivity contribution is 5.94. The van der Waals surface area contributed by atoms with Crippen LogP contribution in [0.1, 0.15) is 37.6 Å². The van der Waals surface area contributed by atoms with E-state index in [4.69, 9.17) is 0 Å². The van der Waals surface area contributed by atoms with Gasteiger partial charge in [-0.05, 0) is 45.9 Å². The van der Waals surface area contributed by atoms with Gasteiger partial charge >= 0.3 is 0 Å². The van der Waals surface area contributed by atoms with Gasteiger partial charge in [0.1, 0.15) is 0 Å². The van der Waals surface area contributed by atoms with Crippen LogP contribution < -0.4 is 10.2 Å². The summed E-state index contributed by atoms with van der Waals surface area (Å²) in [7, 11) is 0. The van der Waals surface area contributed by atoms with Crippen molar-refractivity contribution in [3.8, 4) is 0 Å². The normalized spacial score (nSPS) is 19.4. The first-order chi connectivity index (χ1) is 8.48. The molecule has 1 aromatic rings. The molecule has 18 heavy (non-hydrogen) atoms. The maximum absolute atomic E-state index is 11.4. The number of hydrogen-bond acceptors (Lipinski definition) is 3. The molecule has 1 fully saturated rings. The first-order valence-corrected chi connectivity index (χ1v) is 6.59. The van der Waals surface area contributed by atoms with Crippen LogP contribution in [0.5, 0.6) is 0 Å². The van der Waals surface area contributed by atoms with Gasteiger partial charge in [-0.3, -0.25) is 4.79 Å². The molecular formula is C15H22N2O. The van der Waals surface area contributed by atoms with Crippen LogP contribution in [0.2, 0.25) is 0 Å². The highest BCUT2D eigenvalue weighted by Gasteiger charge is 2.24. The number of anilines is 1. The van der Waals surface area contributed by atoms with Crippen molar-refractivity contribution in [1.29, 1.82) is 0 Å². The van der Waals surface area contributed by atoms with Gasteiger partial charge in [0, 0.05) is 29.9 Å². The van der Waals surface area contributed by atoms with Gasteiger partial charge in [-0.25, -0.2) is 0 Å². The zero-order chi connectivity index (χ0) is 13.2. The first kappa shape index (κ1) is 13.1. The third kappa shape index (κ3) is 3.10. The Bertz CT molecular complexity index is 440. The Labute approximate surface area is 109 Å². The number of carbonyl (C=O) groups excluding carboxylic acids is 1. The average molecular weight is 246 g/mol. The monoisotopic (exact) mass is 246 g/mol. The number of carbonyl (C=O) groups is 1. The molecule has 0 atom stereocenters. The predicted molar refractivity (Wildman–Crippen MR) is 75.4 cm³/mol. The zero-order valence-corrected chi connectivity index (χ0v) is 11.5. The summed E-state index contributed by atoms with van der Waals surface area (Å²) in [6.07, 6.45) is 1.13. The summed E-state index contributed by atoms with van der Waals surface area (Å²) in [5.74, 6) is 0.129. The van der Waals surface area contributed by atoms with Crippen LogP contribution in [-0.4, -0.2) is 31.0 Å². The summed E-state index contributed by atoms with van der Waals surface area (Å²) < 4.78 is 0. The van der Waals surface area contributed by atoms with Crippen LogP contribution in [0, 0.1) is 0 Å². The second-order valence-corrected chi connectivity index (χ2v) is 5.69. The average Bonchev–Trinajstić information content (AvgIpc) is 2.50. The van der Waals surface area contributed by atoms with E-state index < -0.39 is 0 Å². The number of nitrogens with one attached hydrogen (secondary N) is 1. The van der Waals surface area contributed by atoms with Crippen molar-refractivity contribution in [2.75, 3.05) is 24.5 Å². The zero-order valence-electron chi connectivity index (χ0n) is 11.5.